The van der Waals surface area contributed by atoms with Crippen molar-refractivity contribution in [3.05, 3.63) is 0 Å². The van der Waals surface area contributed by atoms with E-state index in [2.05, 4.69) is 0 Å². The Morgan fingerprint density at radius 3 is 1.19 bits per heavy atom. The second-order valence-corrected chi connectivity index (χ2v) is 5.57. The van der Waals surface area contributed by atoms with Crippen LogP contribution in [0.2, 0.25) is 0 Å². The number of carbonyl (C=O) groups is 2. The molecule has 144 valence electrons. The van der Waals surface area contributed by atoms with Crippen molar-refractivity contribution in [1.82, 2.24) is 0 Å². The van der Waals surface area contributed by atoms with E-state index in [4.69, 9.17) is 20.4 Å². The number of hydrogen-bond acceptors (Lipinski definition) is 8. The molecule has 0 heterocycles. The fourth-order valence-electron chi connectivity index (χ4n) is 1.89. The predicted molar refractivity (Wildman–Crippen MR) is 82.4 cm³/mol. The van der Waals surface area contributed by atoms with E-state index in [-0.39, 0.29) is 85.2 Å². The summed E-state index contributed by atoms with van der Waals surface area (Å²) >= 11 is 0. The molecule has 0 spiro atoms. The van der Waals surface area contributed by atoms with Gasteiger partial charge < -0.3 is 40.2 Å². The number of aliphatic carboxylic acids is 2. The molecule has 0 aromatic heterocycles. The van der Waals surface area contributed by atoms with Gasteiger partial charge in [-0.2, -0.15) is 0 Å². The zero-order valence-corrected chi connectivity index (χ0v) is 20.1. The molecule has 10 heteroatoms. The molecule has 0 amide bonds. The van der Waals surface area contributed by atoms with Crippen LogP contribution < -0.4 is 69.3 Å². The van der Waals surface area contributed by atoms with E-state index < -0.39 is 24.1 Å². The predicted octanol–water partition coefficient (Wildman–Crippen LogP) is -7.91. The molecule has 0 saturated carbocycles. The summed E-state index contributed by atoms with van der Waals surface area (Å²) in [6, 6.07) is 0. The number of carbonyl (C=O) groups excluding carboxylic acids is 2. The van der Waals surface area contributed by atoms with Gasteiger partial charge in [-0.15, -0.1) is 0 Å². The molecule has 0 saturated heterocycles. The van der Waals surface area contributed by atoms with E-state index in [0.717, 1.165) is 0 Å². The first-order chi connectivity index (χ1) is 11.3. The van der Waals surface area contributed by atoms with Crippen LogP contribution in [0.5, 0.6) is 0 Å². The number of carboxylic acids is 2. The summed E-state index contributed by atoms with van der Waals surface area (Å²) < 4.78 is 0. The van der Waals surface area contributed by atoms with Crippen molar-refractivity contribution in [2.45, 2.75) is 76.4 Å². The van der Waals surface area contributed by atoms with Gasteiger partial charge in [0.2, 0.25) is 0 Å². The molecule has 0 aliphatic carbocycles. The normalized spacial score (nSPS) is 11.8. The molecular formula is C16H30Na2O8. The summed E-state index contributed by atoms with van der Waals surface area (Å²) in [5.74, 6) is -2.10. The minimum absolute atomic E-state index is 0. The first kappa shape index (κ1) is 34.3. The van der Waals surface area contributed by atoms with Crippen LogP contribution in [0.3, 0.4) is 0 Å². The van der Waals surface area contributed by atoms with Crippen molar-refractivity contribution in [1.29, 1.82) is 0 Å². The van der Waals surface area contributed by atoms with Crippen LogP contribution in [0, 0.1) is 0 Å². The average Bonchev–Trinajstić information content (AvgIpc) is 2.49. The first-order valence-electron chi connectivity index (χ1n) is 8.31. The Balaban J connectivity index is -0.000000173. The second-order valence-electron chi connectivity index (χ2n) is 5.57. The van der Waals surface area contributed by atoms with Gasteiger partial charge in [0, 0.05) is 25.2 Å². The van der Waals surface area contributed by atoms with Crippen molar-refractivity contribution in [3.8, 4) is 0 Å². The zero-order valence-electron chi connectivity index (χ0n) is 16.1. The smallest absolute Gasteiger partial charge is 0.550 e. The van der Waals surface area contributed by atoms with E-state index >= 15 is 0 Å². The summed E-state index contributed by atoms with van der Waals surface area (Å²) in [7, 11) is 0. The summed E-state index contributed by atoms with van der Waals surface area (Å²) in [4.78, 5) is 19.9. The average molecular weight is 396 g/mol. The van der Waals surface area contributed by atoms with Crippen LogP contribution in [0.15, 0.2) is 0 Å². The van der Waals surface area contributed by atoms with Gasteiger partial charge in [-0.3, -0.25) is 0 Å². The summed E-state index contributed by atoms with van der Waals surface area (Å²) in [6.07, 6.45) is 3.31. The molecule has 0 aliphatic heterocycles. The van der Waals surface area contributed by atoms with Gasteiger partial charge in [-0.1, -0.05) is 12.8 Å². The molecule has 0 aromatic rings. The molecule has 0 radical (unpaired) electrons. The Hall–Kier alpha value is 0.780. The van der Waals surface area contributed by atoms with Crippen LogP contribution in [0.4, 0.5) is 0 Å². The van der Waals surface area contributed by atoms with Crippen molar-refractivity contribution >= 4 is 11.9 Å². The van der Waals surface area contributed by atoms with Crippen molar-refractivity contribution in [2.24, 2.45) is 0 Å². The van der Waals surface area contributed by atoms with Crippen LogP contribution in [-0.4, -0.2) is 57.8 Å². The van der Waals surface area contributed by atoms with Crippen LogP contribution in [-0.2, 0) is 9.59 Å². The molecule has 4 N–H and O–H groups in total. The maximum atomic E-state index is 9.96. The molecule has 2 atom stereocenters. The van der Waals surface area contributed by atoms with Crippen LogP contribution >= 0.6 is 0 Å². The SMILES string of the molecule is O=C([O-])CCCCC(O)CCO.O=C([O-])CCCCC(O)CCO.[Na+].[Na+]. The minimum Gasteiger partial charge on any atom is -0.550 e. The summed E-state index contributed by atoms with van der Waals surface area (Å²) in [5.41, 5.74) is 0. The van der Waals surface area contributed by atoms with Gasteiger partial charge in [0.25, 0.3) is 0 Å². The van der Waals surface area contributed by atoms with Crippen LogP contribution in [0.25, 0.3) is 0 Å². The van der Waals surface area contributed by atoms with Gasteiger partial charge in [0.05, 0.1) is 12.2 Å². The number of aliphatic hydroxyl groups is 4. The summed E-state index contributed by atoms with van der Waals surface area (Å²) in [6.45, 7) is -0.0523. The van der Waals surface area contributed by atoms with Gasteiger partial charge in [0.1, 0.15) is 0 Å². The maximum Gasteiger partial charge on any atom is 1.00 e. The Morgan fingerprint density at radius 1 is 0.654 bits per heavy atom. The number of unbranched alkanes of at least 4 members (excludes halogenated alkanes) is 2. The largest absolute Gasteiger partial charge is 1.00 e. The molecule has 0 fully saturated rings. The number of rotatable bonds is 14. The topological polar surface area (TPSA) is 161 Å². The Kier molecular flexibility index (Phi) is 34.0. The van der Waals surface area contributed by atoms with Crippen molar-refractivity contribution in [3.63, 3.8) is 0 Å². The third-order valence-corrected chi connectivity index (χ3v) is 3.26. The van der Waals surface area contributed by atoms with Crippen LogP contribution in [0.1, 0.15) is 64.2 Å². The van der Waals surface area contributed by atoms with Gasteiger partial charge in [0.15, 0.2) is 0 Å². The first-order valence-corrected chi connectivity index (χ1v) is 8.31. The second kappa shape index (κ2) is 25.8. The molecule has 0 rings (SSSR count). The monoisotopic (exact) mass is 396 g/mol. The molecular weight excluding hydrogens is 366 g/mol. The fourth-order valence-corrected chi connectivity index (χ4v) is 1.89. The third kappa shape index (κ3) is 32.5. The quantitative estimate of drug-likeness (QED) is 0.166. The van der Waals surface area contributed by atoms with E-state index in [1.54, 1.807) is 0 Å². The standard InChI is InChI=1S/2C8H16O4.2Na/c2*9-6-5-7(10)3-1-2-4-8(11)12;;/h2*7,9-10H,1-6H2,(H,11,12);;/q;;2*+1/p-2. The molecule has 0 aromatic carbocycles. The van der Waals surface area contributed by atoms with E-state index in [9.17, 15) is 19.8 Å². The molecule has 0 aliphatic rings. The Labute approximate surface area is 199 Å². The maximum absolute atomic E-state index is 9.96. The molecule has 2 unspecified atom stereocenters. The van der Waals surface area contributed by atoms with Crippen molar-refractivity contribution < 1.29 is 99.3 Å². The van der Waals surface area contributed by atoms with Gasteiger partial charge >= 0.3 is 59.1 Å². The fraction of sp³-hybridized carbons (Fsp3) is 0.875. The molecule has 0 bridgehead atoms. The molecule has 8 nitrogen and oxygen atoms in total. The van der Waals surface area contributed by atoms with E-state index in [1.165, 1.54) is 0 Å². The third-order valence-electron chi connectivity index (χ3n) is 3.26. The van der Waals surface area contributed by atoms with Gasteiger partial charge in [-0.05, 0) is 51.4 Å². The van der Waals surface area contributed by atoms with E-state index in [1.807, 2.05) is 0 Å². The number of hydrogen-bond donors (Lipinski definition) is 4. The molecule has 26 heavy (non-hydrogen) atoms. The number of carboxylic acid groups (broad SMARTS) is 2. The Morgan fingerprint density at radius 2 is 0.962 bits per heavy atom. The van der Waals surface area contributed by atoms with Crippen molar-refractivity contribution in [2.75, 3.05) is 13.2 Å². The van der Waals surface area contributed by atoms with E-state index in [0.29, 0.717) is 51.4 Å². The number of aliphatic hydroxyl groups excluding tert-OH is 4. The zero-order chi connectivity index (χ0) is 18.8. The minimum atomic E-state index is -1.05. The van der Waals surface area contributed by atoms with Gasteiger partial charge in [-0.25, -0.2) is 0 Å². The Bertz CT molecular complexity index is 289. The summed E-state index contributed by atoms with van der Waals surface area (Å²) in [5, 5.41) is 54.9.